The lowest BCUT2D eigenvalue weighted by Gasteiger charge is -2.15. The summed E-state index contributed by atoms with van der Waals surface area (Å²) < 4.78 is 39.9. The second-order valence-corrected chi connectivity index (χ2v) is 4.75. The van der Waals surface area contributed by atoms with Crippen molar-refractivity contribution in [2.45, 2.75) is 19.6 Å². The van der Waals surface area contributed by atoms with E-state index in [-0.39, 0.29) is 5.43 Å². The smallest absolute Gasteiger partial charge is 0.321 e. The molecule has 3 nitrogen and oxygen atoms in total. The maximum Gasteiger partial charge on any atom is 0.416 e. The van der Waals surface area contributed by atoms with Crippen molar-refractivity contribution in [2.24, 2.45) is 0 Å². The standard InChI is InChI=1S/C15H15F3N2O/c1-10-6-14(21)11(8-19-2)9-20(10)13-5-3-4-12(7-13)15(16,17)18/h3-7,9,19H,8H2,1-2H3. The molecule has 2 aromatic rings. The molecule has 0 atom stereocenters. The van der Waals surface area contributed by atoms with Gasteiger partial charge in [0.15, 0.2) is 5.43 Å². The minimum Gasteiger partial charge on any atom is -0.321 e. The molecule has 21 heavy (non-hydrogen) atoms. The van der Waals surface area contributed by atoms with Crippen molar-refractivity contribution in [2.75, 3.05) is 7.05 Å². The van der Waals surface area contributed by atoms with E-state index in [1.807, 2.05) is 0 Å². The molecule has 0 saturated carbocycles. The normalized spacial score (nSPS) is 11.7. The molecule has 2 rings (SSSR count). The van der Waals surface area contributed by atoms with E-state index in [0.717, 1.165) is 12.1 Å². The van der Waals surface area contributed by atoms with Crippen LogP contribution in [0.25, 0.3) is 5.69 Å². The van der Waals surface area contributed by atoms with Gasteiger partial charge in [-0.2, -0.15) is 13.2 Å². The van der Waals surface area contributed by atoms with Crippen molar-refractivity contribution < 1.29 is 13.2 Å². The topological polar surface area (TPSA) is 34.0 Å². The number of alkyl halides is 3. The Bertz CT molecular complexity index is 705. The Morgan fingerprint density at radius 1 is 1.24 bits per heavy atom. The van der Waals surface area contributed by atoms with Crippen LogP contribution >= 0.6 is 0 Å². The summed E-state index contributed by atoms with van der Waals surface area (Å²) in [6.45, 7) is 2.04. The number of hydrogen-bond donors (Lipinski definition) is 1. The molecule has 0 radical (unpaired) electrons. The second kappa shape index (κ2) is 5.73. The number of hydrogen-bond acceptors (Lipinski definition) is 2. The highest BCUT2D eigenvalue weighted by Gasteiger charge is 2.30. The molecule has 0 unspecified atom stereocenters. The van der Waals surface area contributed by atoms with Crippen LogP contribution in [-0.2, 0) is 12.7 Å². The van der Waals surface area contributed by atoms with Crippen molar-refractivity contribution in [1.82, 2.24) is 9.88 Å². The number of nitrogens with one attached hydrogen (secondary N) is 1. The zero-order valence-corrected chi connectivity index (χ0v) is 11.7. The average Bonchev–Trinajstić information content (AvgIpc) is 2.41. The zero-order valence-electron chi connectivity index (χ0n) is 11.7. The quantitative estimate of drug-likeness (QED) is 0.945. The summed E-state index contributed by atoms with van der Waals surface area (Å²) in [7, 11) is 1.70. The van der Waals surface area contributed by atoms with Crippen molar-refractivity contribution in [3.8, 4) is 5.69 Å². The molecule has 0 bridgehead atoms. The Morgan fingerprint density at radius 2 is 1.95 bits per heavy atom. The summed E-state index contributed by atoms with van der Waals surface area (Å²) in [6.07, 6.45) is -2.82. The Hall–Kier alpha value is -2.08. The fourth-order valence-corrected chi connectivity index (χ4v) is 2.11. The highest BCUT2D eigenvalue weighted by molar-refractivity contribution is 5.39. The third-order valence-electron chi connectivity index (χ3n) is 3.14. The largest absolute Gasteiger partial charge is 0.416 e. The van der Waals surface area contributed by atoms with E-state index in [4.69, 9.17) is 0 Å². The second-order valence-electron chi connectivity index (χ2n) is 4.75. The predicted molar refractivity (Wildman–Crippen MR) is 74.5 cm³/mol. The summed E-state index contributed by atoms with van der Waals surface area (Å²) >= 11 is 0. The minimum atomic E-state index is -4.39. The molecule has 0 fully saturated rings. The van der Waals surface area contributed by atoms with Crippen LogP contribution in [0.4, 0.5) is 13.2 Å². The van der Waals surface area contributed by atoms with Gasteiger partial charge in [0.25, 0.3) is 0 Å². The van der Waals surface area contributed by atoms with Gasteiger partial charge in [0.05, 0.1) is 5.56 Å². The minimum absolute atomic E-state index is 0.134. The fraction of sp³-hybridized carbons (Fsp3) is 0.267. The molecule has 0 spiro atoms. The van der Waals surface area contributed by atoms with Crippen LogP contribution in [0.3, 0.4) is 0 Å². The van der Waals surface area contributed by atoms with Crippen molar-refractivity contribution >= 4 is 0 Å². The van der Waals surface area contributed by atoms with Gasteiger partial charge in [-0.25, -0.2) is 0 Å². The van der Waals surface area contributed by atoms with E-state index in [9.17, 15) is 18.0 Å². The first-order chi connectivity index (χ1) is 9.82. The lowest BCUT2D eigenvalue weighted by Crippen LogP contribution is -2.19. The molecule has 1 heterocycles. The Morgan fingerprint density at radius 3 is 2.57 bits per heavy atom. The Balaban J connectivity index is 2.56. The van der Waals surface area contributed by atoms with Gasteiger partial charge in [0.1, 0.15) is 0 Å². The van der Waals surface area contributed by atoms with E-state index < -0.39 is 11.7 Å². The zero-order chi connectivity index (χ0) is 15.6. The number of rotatable bonds is 3. The molecule has 0 aliphatic carbocycles. The molecule has 112 valence electrons. The predicted octanol–water partition coefficient (Wildman–Crippen LogP) is 2.88. The molecule has 0 aliphatic rings. The summed E-state index contributed by atoms with van der Waals surface area (Å²) in [6, 6.07) is 6.45. The molecular formula is C15H15F3N2O. The molecule has 1 aromatic carbocycles. The monoisotopic (exact) mass is 296 g/mol. The Labute approximate surface area is 120 Å². The van der Waals surface area contributed by atoms with Crippen LogP contribution in [0.5, 0.6) is 0 Å². The van der Waals surface area contributed by atoms with E-state index in [1.54, 1.807) is 30.8 Å². The third-order valence-corrected chi connectivity index (χ3v) is 3.14. The first kappa shape index (κ1) is 15.3. The number of benzene rings is 1. The van der Waals surface area contributed by atoms with Gasteiger partial charge in [-0.3, -0.25) is 4.79 Å². The van der Waals surface area contributed by atoms with E-state index in [0.29, 0.717) is 23.5 Å². The molecule has 0 aliphatic heterocycles. The summed E-state index contributed by atoms with van der Waals surface area (Å²) in [5, 5.41) is 2.87. The Kier molecular flexibility index (Phi) is 4.18. The van der Waals surface area contributed by atoms with Gasteiger partial charge in [0.2, 0.25) is 0 Å². The first-order valence-electron chi connectivity index (χ1n) is 6.37. The molecule has 0 saturated heterocycles. The molecule has 0 amide bonds. The molecule has 6 heteroatoms. The van der Waals surface area contributed by atoms with Gasteiger partial charge in [0, 0.05) is 35.8 Å². The van der Waals surface area contributed by atoms with Crippen molar-refractivity contribution in [3.63, 3.8) is 0 Å². The van der Waals surface area contributed by atoms with Crippen LogP contribution in [0.2, 0.25) is 0 Å². The van der Waals surface area contributed by atoms with Crippen molar-refractivity contribution in [3.05, 3.63) is 63.6 Å². The van der Waals surface area contributed by atoms with Gasteiger partial charge >= 0.3 is 6.18 Å². The average molecular weight is 296 g/mol. The summed E-state index contributed by atoms with van der Waals surface area (Å²) in [5.74, 6) is 0. The van der Waals surface area contributed by atoms with Gasteiger partial charge in [-0.15, -0.1) is 0 Å². The van der Waals surface area contributed by atoms with E-state index in [1.165, 1.54) is 12.1 Å². The highest BCUT2D eigenvalue weighted by atomic mass is 19.4. The molecule has 1 N–H and O–H groups in total. The summed E-state index contributed by atoms with van der Waals surface area (Å²) in [4.78, 5) is 11.8. The molecular weight excluding hydrogens is 281 g/mol. The first-order valence-corrected chi connectivity index (χ1v) is 6.37. The van der Waals surface area contributed by atoms with Crippen LogP contribution < -0.4 is 10.7 Å². The number of nitrogens with zero attached hydrogens (tertiary/aromatic N) is 1. The van der Waals surface area contributed by atoms with E-state index >= 15 is 0 Å². The number of pyridine rings is 1. The third kappa shape index (κ3) is 3.33. The van der Waals surface area contributed by atoms with Crippen LogP contribution in [0.1, 0.15) is 16.8 Å². The van der Waals surface area contributed by atoms with Gasteiger partial charge in [-0.1, -0.05) is 6.07 Å². The van der Waals surface area contributed by atoms with E-state index in [2.05, 4.69) is 5.32 Å². The van der Waals surface area contributed by atoms with Crippen LogP contribution in [0.15, 0.2) is 41.3 Å². The fourth-order valence-electron chi connectivity index (χ4n) is 2.11. The van der Waals surface area contributed by atoms with Gasteiger partial charge < -0.3 is 9.88 Å². The highest BCUT2D eigenvalue weighted by Crippen LogP contribution is 2.30. The number of aromatic nitrogens is 1. The number of aryl methyl sites for hydroxylation is 1. The van der Waals surface area contributed by atoms with Crippen molar-refractivity contribution in [1.29, 1.82) is 0 Å². The summed E-state index contributed by atoms with van der Waals surface area (Å²) in [5.41, 5.74) is 0.609. The van der Waals surface area contributed by atoms with Gasteiger partial charge in [-0.05, 0) is 32.2 Å². The maximum atomic E-state index is 12.8. The maximum absolute atomic E-state index is 12.8. The number of halogens is 3. The molecule has 1 aromatic heterocycles. The lowest BCUT2D eigenvalue weighted by molar-refractivity contribution is -0.137. The lowest BCUT2D eigenvalue weighted by atomic mass is 10.1. The van der Waals surface area contributed by atoms with Crippen LogP contribution in [0, 0.1) is 6.92 Å². The SMILES string of the molecule is CNCc1cn(-c2cccc(C(F)(F)F)c2)c(C)cc1=O. The van der Waals surface area contributed by atoms with Crippen LogP contribution in [-0.4, -0.2) is 11.6 Å².